The Morgan fingerprint density at radius 3 is 2.71 bits per heavy atom. The molecule has 1 heterocycles. The van der Waals surface area contributed by atoms with Crippen LogP contribution in [0.25, 0.3) is 0 Å². The van der Waals surface area contributed by atoms with Crippen LogP contribution in [0.5, 0.6) is 0 Å². The zero-order valence-corrected chi connectivity index (χ0v) is 11.0. The highest BCUT2D eigenvalue weighted by Gasteiger charge is 2.09. The van der Waals surface area contributed by atoms with E-state index in [1.165, 1.54) is 8.79 Å². The number of hydrogen-bond acceptors (Lipinski definition) is 3. The first kappa shape index (κ1) is 12.0. The van der Waals surface area contributed by atoms with E-state index in [0.29, 0.717) is 0 Å². The molecule has 3 N–H and O–H groups in total. The summed E-state index contributed by atoms with van der Waals surface area (Å²) >= 11 is 5.15. The Morgan fingerprint density at radius 1 is 1.50 bits per heavy atom. The van der Waals surface area contributed by atoms with Crippen molar-refractivity contribution in [2.45, 2.75) is 32.2 Å². The molecule has 0 aliphatic heterocycles. The molecular formula is C10H17BrN2S. The molecule has 80 valence electrons. The van der Waals surface area contributed by atoms with Crippen LogP contribution in [0.15, 0.2) is 15.9 Å². The van der Waals surface area contributed by atoms with E-state index in [1.807, 2.05) is 0 Å². The van der Waals surface area contributed by atoms with E-state index in [1.54, 1.807) is 11.3 Å². The van der Waals surface area contributed by atoms with Crippen molar-refractivity contribution in [1.82, 2.24) is 0 Å². The lowest BCUT2D eigenvalue weighted by Gasteiger charge is -2.17. The molecule has 0 spiro atoms. The van der Waals surface area contributed by atoms with Crippen molar-refractivity contribution >= 4 is 32.3 Å². The van der Waals surface area contributed by atoms with Gasteiger partial charge in [-0.05, 0) is 54.8 Å². The molecule has 1 rings (SSSR count). The summed E-state index contributed by atoms with van der Waals surface area (Å²) in [5, 5.41) is 4.59. The maximum Gasteiger partial charge on any atom is 0.0894 e. The van der Waals surface area contributed by atoms with Crippen molar-refractivity contribution in [2.24, 2.45) is 5.73 Å². The summed E-state index contributed by atoms with van der Waals surface area (Å²) < 4.78 is 1.17. The first-order valence-electron chi connectivity index (χ1n) is 4.75. The van der Waals surface area contributed by atoms with Crippen LogP contribution in [0.2, 0.25) is 0 Å². The SMILES string of the molecule is CC(C)(N)CCCNc1ccc(Br)s1. The van der Waals surface area contributed by atoms with Crippen LogP contribution in [0.1, 0.15) is 26.7 Å². The summed E-state index contributed by atoms with van der Waals surface area (Å²) in [6, 6.07) is 4.14. The van der Waals surface area contributed by atoms with Gasteiger partial charge in [-0.3, -0.25) is 0 Å². The summed E-state index contributed by atoms with van der Waals surface area (Å²) in [6.07, 6.45) is 2.16. The third kappa shape index (κ3) is 4.98. The quantitative estimate of drug-likeness (QED) is 0.809. The lowest BCUT2D eigenvalue weighted by atomic mass is 10.0. The number of thiophene rings is 1. The van der Waals surface area contributed by atoms with E-state index < -0.39 is 0 Å². The fourth-order valence-corrected chi connectivity index (χ4v) is 2.48. The van der Waals surface area contributed by atoms with Gasteiger partial charge in [0.15, 0.2) is 0 Å². The van der Waals surface area contributed by atoms with Gasteiger partial charge < -0.3 is 11.1 Å². The van der Waals surface area contributed by atoms with Crippen LogP contribution < -0.4 is 11.1 Å². The standard InChI is InChI=1S/C10H17BrN2S/c1-10(2,12)6-3-7-13-9-5-4-8(11)14-9/h4-5,13H,3,6-7,12H2,1-2H3. The monoisotopic (exact) mass is 276 g/mol. The van der Waals surface area contributed by atoms with Crippen LogP contribution in [-0.4, -0.2) is 12.1 Å². The third-order valence-electron chi connectivity index (χ3n) is 1.87. The second-order valence-electron chi connectivity index (χ2n) is 4.12. The second kappa shape index (κ2) is 5.14. The molecule has 0 unspecified atom stereocenters. The zero-order valence-electron chi connectivity index (χ0n) is 8.64. The lowest BCUT2D eigenvalue weighted by molar-refractivity contribution is 0.466. The predicted molar refractivity (Wildman–Crippen MR) is 68.0 cm³/mol. The van der Waals surface area contributed by atoms with Crippen molar-refractivity contribution in [3.05, 3.63) is 15.9 Å². The molecule has 0 aromatic carbocycles. The highest BCUT2D eigenvalue weighted by atomic mass is 79.9. The smallest absolute Gasteiger partial charge is 0.0894 e. The highest BCUT2D eigenvalue weighted by Crippen LogP contribution is 2.26. The Labute approximate surface area is 98.0 Å². The minimum atomic E-state index is -0.0439. The highest BCUT2D eigenvalue weighted by molar-refractivity contribution is 9.11. The van der Waals surface area contributed by atoms with Crippen LogP contribution in [0, 0.1) is 0 Å². The van der Waals surface area contributed by atoms with Crippen molar-refractivity contribution in [1.29, 1.82) is 0 Å². The first-order valence-corrected chi connectivity index (χ1v) is 6.36. The zero-order chi connectivity index (χ0) is 10.6. The predicted octanol–water partition coefficient (Wildman–Crippen LogP) is 3.44. The molecule has 0 aliphatic carbocycles. The van der Waals surface area contributed by atoms with Gasteiger partial charge in [0.2, 0.25) is 0 Å². The molecule has 0 fully saturated rings. The van der Waals surface area contributed by atoms with E-state index in [9.17, 15) is 0 Å². The largest absolute Gasteiger partial charge is 0.377 e. The maximum atomic E-state index is 5.89. The second-order valence-corrected chi connectivity index (χ2v) is 6.59. The van der Waals surface area contributed by atoms with Gasteiger partial charge in [-0.1, -0.05) is 0 Å². The van der Waals surface area contributed by atoms with E-state index in [0.717, 1.165) is 19.4 Å². The molecule has 1 aromatic rings. The topological polar surface area (TPSA) is 38.0 Å². The van der Waals surface area contributed by atoms with Gasteiger partial charge in [0.25, 0.3) is 0 Å². The first-order chi connectivity index (χ1) is 6.47. The molecule has 0 saturated carbocycles. The normalized spacial score (nSPS) is 11.7. The van der Waals surface area contributed by atoms with Crippen molar-refractivity contribution in [2.75, 3.05) is 11.9 Å². The fourth-order valence-electron chi connectivity index (χ4n) is 1.16. The number of halogens is 1. The average Bonchev–Trinajstić information content (AvgIpc) is 2.44. The molecule has 0 bridgehead atoms. The fraction of sp³-hybridized carbons (Fsp3) is 0.600. The number of nitrogens with one attached hydrogen (secondary N) is 1. The molecule has 14 heavy (non-hydrogen) atoms. The minimum Gasteiger partial charge on any atom is -0.377 e. The van der Waals surface area contributed by atoms with Gasteiger partial charge in [-0.15, -0.1) is 11.3 Å². The Bertz CT molecular complexity index is 278. The van der Waals surface area contributed by atoms with Gasteiger partial charge in [-0.2, -0.15) is 0 Å². The summed E-state index contributed by atoms with van der Waals surface area (Å²) in [6.45, 7) is 5.12. The summed E-state index contributed by atoms with van der Waals surface area (Å²) in [5.74, 6) is 0. The van der Waals surface area contributed by atoms with Crippen molar-refractivity contribution in [3.63, 3.8) is 0 Å². The summed E-state index contributed by atoms with van der Waals surface area (Å²) in [4.78, 5) is 0. The molecule has 1 aromatic heterocycles. The Hall–Kier alpha value is -0.0600. The minimum absolute atomic E-state index is 0.0439. The van der Waals surface area contributed by atoms with Crippen molar-refractivity contribution < 1.29 is 0 Å². The molecule has 0 radical (unpaired) electrons. The van der Waals surface area contributed by atoms with Crippen LogP contribution in [0.3, 0.4) is 0 Å². The van der Waals surface area contributed by atoms with E-state index in [4.69, 9.17) is 5.73 Å². The van der Waals surface area contributed by atoms with Gasteiger partial charge >= 0.3 is 0 Å². The molecule has 2 nitrogen and oxygen atoms in total. The number of rotatable bonds is 5. The third-order valence-corrected chi connectivity index (χ3v) is 3.45. The average molecular weight is 277 g/mol. The Balaban J connectivity index is 2.16. The van der Waals surface area contributed by atoms with E-state index in [2.05, 4.69) is 47.2 Å². The summed E-state index contributed by atoms with van der Waals surface area (Å²) in [5.41, 5.74) is 5.84. The van der Waals surface area contributed by atoms with E-state index >= 15 is 0 Å². The van der Waals surface area contributed by atoms with Crippen LogP contribution in [-0.2, 0) is 0 Å². The molecule has 4 heteroatoms. The number of nitrogens with two attached hydrogens (primary N) is 1. The van der Waals surface area contributed by atoms with Gasteiger partial charge in [0.1, 0.15) is 0 Å². The summed E-state index contributed by atoms with van der Waals surface area (Å²) in [7, 11) is 0. The Morgan fingerprint density at radius 2 is 2.21 bits per heavy atom. The van der Waals surface area contributed by atoms with Crippen molar-refractivity contribution in [3.8, 4) is 0 Å². The van der Waals surface area contributed by atoms with Crippen LogP contribution >= 0.6 is 27.3 Å². The Kier molecular flexibility index (Phi) is 4.41. The molecule has 0 atom stereocenters. The van der Waals surface area contributed by atoms with Gasteiger partial charge in [0.05, 0.1) is 8.79 Å². The van der Waals surface area contributed by atoms with Crippen LogP contribution in [0.4, 0.5) is 5.00 Å². The number of anilines is 1. The molecule has 0 saturated heterocycles. The lowest BCUT2D eigenvalue weighted by Crippen LogP contribution is -2.32. The van der Waals surface area contributed by atoms with Gasteiger partial charge in [0, 0.05) is 12.1 Å². The number of hydrogen-bond donors (Lipinski definition) is 2. The molecular weight excluding hydrogens is 260 g/mol. The van der Waals surface area contributed by atoms with Gasteiger partial charge in [-0.25, -0.2) is 0 Å². The molecule has 0 amide bonds. The maximum absolute atomic E-state index is 5.89. The van der Waals surface area contributed by atoms with E-state index in [-0.39, 0.29) is 5.54 Å². The molecule has 0 aliphatic rings.